The van der Waals surface area contributed by atoms with Crippen molar-refractivity contribution in [2.24, 2.45) is 0 Å². The summed E-state index contributed by atoms with van der Waals surface area (Å²) < 4.78 is 62.0. The first-order valence-electron chi connectivity index (χ1n) is 28.3. The summed E-state index contributed by atoms with van der Waals surface area (Å²) in [7, 11) is -7.94. The lowest BCUT2D eigenvalue weighted by Gasteiger charge is -2.41. The number of benzene rings is 11. The molecule has 0 aromatic heterocycles. The first-order chi connectivity index (χ1) is 40.0. The van der Waals surface area contributed by atoms with Crippen molar-refractivity contribution in [2.45, 2.75) is 87.7 Å². The predicted octanol–water partition coefficient (Wildman–Crippen LogP) is 16.0. The van der Waals surface area contributed by atoms with E-state index in [0.717, 1.165) is 53.7 Å². The van der Waals surface area contributed by atoms with Gasteiger partial charge in [0.25, 0.3) is 0 Å². The highest BCUT2D eigenvalue weighted by Gasteiger charge is 2.74. The average molecular weight is 1150 g/mol. The summed E-state index contributed by atoms with van der Waals surface area (Å²) in [5.74, 6) is -0.436. The van der Waals surface area contributed by atoms with Crippen LogP contribution < -0.4 is 30.0 Å². The molecule has 13 rings (SSSR count). The Balaban J connectivity index is 1.17. The molecule has 8 nitrogen and oxygen atoms in total. The topological polar surface area (TPSA) is 95.5 Å². The van der Waals surface area contributed by atoms with Gasteiger partial charge in [0, 0.05) is 5.30 Å². The molecule has 0 saturated carbocycles. The van der Waals surface area contributed by atoms with Gasteiger partial charge in [-0.25, -0.2) is 0 Å². The van der Waals surface area contributed by atoms with Gasteiger partial charge in [0.2, 0.25) is 8.32 Å². The van der Waals surface area contributed by atoms with Gasteiger partial charge in [-0.3, -0.25) is 9.47 Å². The van der Waals surface area contributed by atoms with Gasteiger partial charge in [-0.05, 0) is 158 Å². The van der Waals surface area contributed by atoms with Gasteiger partial charge in [-0.15, -0.1) is 0 Å². The van der Waals surface area contributed by atoms with E-state index in [1.165, 1.54) is 0 Å². The molecule has 0 amide bonds. The maximum Gasteiger partial charge on any atom is 0.542 e. The lowest BCUT2D eigenvalue weighted by Crippen LogP contribution is -2.53. The molecule has 0 bridgehead atoms. The van der Waals surface area contributed by atoms with Crippen LogP contribution in [0, 0.1) is 0 Å². The number of hydrogen-bond acceptors (Lipinski definition) is 8. The third-order valence-corrected chi connectivity index (χ3v) is 24.6. The van der Waals surface area contributed by atoms with E-state index in [1.807, 2.05) is 166 Å². The molecule has 2 aliphatic rings. The highest BCUT2D eigenvalue weighted by atomic mass is 31.1. The van der Waals surface area contributed by atoms with E-state index in [2.05, 4.69) is 131 Å². The molecule has 1 unspecified atom stereocenters. The van der Waals surface area contributed by atoms with E-state index < -0.39 is 59.2 Å². The first-order valence-corrected chi connectivity index (χ1v) is 33.7. The van der Waals surface area contributed by atoms with Gasteiger partial charge in [0.15, 0.2) is 17.0 Å². The smallest absolute Gasteiger partial charge is 0.542 e. The minimum absolute atomic E-state index is 0.139. The Morgan fingerprint density at radius 2 is 0.819 bits per heavy atom. The normalized spacial score (nSPS) is 18.4. The maximum absolute atomic E-state index is 16.0. The molecule has 414 valence electrons. The molecular formula is C72H64O8P2Si. The van der Waals surface area contributed by atoms with Gasteiger partial charge in [0.1, 0.15) is 23.7 Å². The molecule has 0 spiro atoms. The summed E-state index contributed by atoms with van der Waals surface area (Å²) in [6, 6.07) is 83.3. The summed E-state index contributed by atoms with van der Waals surface area (Å²) in [5, 5.41) is 10.1. The van der Waals surface area contributed by atoms with Crippen molar-refractivity contribution >= 4 is 83.3 Å². The quantitative estimate of drug-likeness (QED) is 0.0882. The van der Waals surface area contributed by atoms with Crippen LogP contribution in [0.2, 0.25) is 18.1 Å². The van der Waals surface area contributed by atoms with Crippen LogP contribution in [-0.2, 0) is 34.7 Å². The van der Waals surface area contributed by atoms with Crippen LogP contribution in [0.3, 0.4) is 0 Å². The second-order valence-electron chi connectivity index (χ2n) is 23.8. The van der Waals surface area contributed by atoms with Crippen LogP contribution in [-0.4, -0.2) is 32.0 Å². The van der Waals surface area contributed by atoms with Crippen LogP contribution >= 0.6 is 15.9 Å². The fraction of sp³-hybridized carbons (Fsp3) is 0.194. The van der Waals surface area contributed by atoms with Crippen LogP contribution in [0.1, 0.15) is 56.9 Å². The van der Waals surface area contributed by atoms with E-state index >= 15 is 9.46 Å². The zero-order chi connectivity index (χ0) is 57.4. The Hall–Kier alpha value is -7.39. The Morgan fingerprint density at radius 3 is 1.17 bits per heavy atom. The summed E-state index contributed by atoms with van der Waals surface area (Å²) in [6.07, 6.45) is -2.33. The van der Waals surface area contributed by atoms with Gasteiger partial charge in [-0.1, -0.05) is 232 Å². The summed E-state index contributed by atoms with van der Waals surface area (Å²) >= 11 is 0. The maximum atomic E-state index is 16.0. The van der Waals surface area contributed by atoms with Crippen molar-refractivity contribution in [2.75, 3.05) is 0 Å². The molecule has 2 fully saturated rings. The van der Waals surface area contributed by atoms with Crippen LogP contribution in [0.15, 0.2) is 249 Å². The minimum atomic E-state index is -3.98. The second kappa shape index (κ2) is 21.0. The van der Waals surface area contributed by atoms with Gasteiger partial charge >= 0.3 is 13.7 Å². The number of ether oxygens (including phenoxy) is 5. The van der Waals surface area contributed by atoms with Crippen molar-refractivity contribution in [1.29, 1.82) is 0 Å². The summed E-state index contributed by atoms with van der Waals surface area (Å²) in [5.41, 5.74) is -4.41. The monoisotopic (exact) mass is 1150 g/mol. The van der Waals surface area contributed by atoms with E-state index in [1.54, 1.807) is 0 Å². The van der Waals surface area contributed by atoms with E-state index in [9.17, 15) is 0 Å². The molecular weight excluding hydrogens is 1080 g/mol. The molecule has 0 aliphatic carbocycles. The van der Waals surface area contributed by atoms with Gasteiger partial charge < -0.3 is 23.5 Å². The van der Waals surface area contributed by atoms with Gasteiger partial charge in [0.05, 0.1) is 0 Å². The largest absolute Gasteiger partial charge is 0.588 e. The van der Waals surface area contributed by atoms with E-state index in [0.29, 0.717) is 33.3 Å². The standard InChI is InChI=1S/C72H64O8P2Si/c1-68(2,3)83(6,7)78-61-42-43-64(65(48-61)81(62-30-10-8-11-31-62)63-32-12-9-13-33-63)75-72(82(73)74)79-70(57-38-34-49-22-14-18-26-53(49)44-57,58-39-35-50-23-15-19-27-54(50)45-58)66-67(77-69(4,5)76-66)71(80-72,59-40-36-51-24-16-20-28-55(51)46-59)60-41-37-52-25-17-21-29-56(52)47-60/h8-48,66-67H,1-7H3/t66-,67-/m1/s1. The zero-order valence-corrected chi connectivity index (χ0v) is 50.3. The van der Waals surface area contributed by atoms with Crippen LogP contribution in [0.5, 0.6) is 11.5 Å². The third-order valence-electron chi connectivity index (χ3n) is 17.0. The molecule has 11 aromatic rings. The fourth-order valence-corrected chi connectivity index (χ4v) is 16.0. The average Bonchev–Trinajstić information content (AvgIpc) is 1.90. The summed E-state index contributed by atoms with van der Waals surface area (Å²) in [6.45, 7) is 14.9. The Morgan fingerprint density at radius 1 is 0.470 bits per heavy atom. The van der Waals surface area contributed by atoms with Crippen molar-refractivity contribution in [3.05, 3.63) is 271 Å². The first kappa shape index (κ1) is 54.8. The third kappa shape index (κ3) is 9.77. The SMILES string of the molecule is CC1(C)O[C@@H]2[C@@H](O1)C(c1ccc3ccccc3c1)(c1ccc3ccccc3c1)OC(Oc1ccc(O[Si](C)(C)C(C)(C)C)cc1P(c1ccccc1)c1ccccc1)([P+](=O)[O-])OC2(c1ccc2ccccc2c1)c1ccc2ccccc2c1. The lowest BCUT2D eigenvalue weighted by molar-refractivity contribution is -0.373. The second-order valence-corrected chi connectivity index (χ2v) is 31.8. The molecule has 3 atom stereocenters. The summed E-state index contributed by atoms with van der Waals surface area (Å²) in [4.78, 5) is 16.0. The molecule has 2 aliphatic heterocycles. The molecule has 83 heavy (non-hydrogen) atoms. The highest BCUT2D eigenvalue weighted by Crippen LogP contribution is 2.62. The molecule has 11 aromatic carbocycles. The lowest BCUT2D eigenvalue weighted by atomic mass is 9.71. The van der Waals surface area contributed by atoms with Gasteiger partial charge in [-0.2, -0.15) is 0 Å². The number of rotatable bonds is 12. The van der Waals surface area contributed by atoms with E-state index in [4.69, 9.17) is 28.1 Å². The Bertz CT molecular complexity index is 3880. The number of fused-ring (bicyclic) bond motifs is 5. The van der Waals surface area contributed by atoms with Crippen LogP contribution in [0.4, 0.5) is 0 Å². The van der Waals surface area contributed by atoms with Crippen molar-refractivity contribution in [3.63, 3.8) is 0 Å². The van der Waals surface area contributed by atoms with Crippen LogP contribution in [0.25, 0.3) is 43.1 Å². The molecule has 11 heteroatoms. The Labute approximate surface area is 488 Å². The Kier molecular flexibility index (Phi) is 13.9. The molecule has 0 N–H and O–H groups in total. The minimum Gasteiger partial charge on any atom is -0.588 e. The predicted molar refractivity (Wildman–Crippen MR) is 337 cm³/mol. The van der Waals surface area contributed by atoms with E-state index in [-0.39, 0.29) is 10.8 Å². The van der Waals surface area contributed by atoms with Crippen molar-refractivity contribution in [3.8, 4) is 11.5 Å². The number of hydrogen-bond donors (Lipinski definition) is 0. The molecule has 2 saturated heterocycles. The van der Waals surface area contributed by atoms with Crippen molar-refractivity contribution < 1.29 is 37.6 Å². The molecule has 0 radical (unpaired) electrons. The van der Waals surface area contributed by atoms with Crippen molar-refractivity contribution in [1.82, 2.24) is 0 Å². The zero-order valence-electron chi connectivity index (χ0n) is 47.5. The molecule has 2 heterocycles. The highest BCUT2D eigenvalue weighted by molar-refractivity contribution is 7.80. The fourth-order valence-electron chi connectivity index (χ4n) is 11.9.